The van der Waals surface area contributed by atoms with Gasteiger partial charge in [-0.15, -0.1) is 0 Å². The topological polar surface area (TPSA) is 64.6 Å². The van der Waals surface area contributed by atoms with Gasteiger partial charge in [0.25, 0.3) is 0 Å². The Kier molecular flexibility index (Phi) is 7.38. The summed E-state index contributed by atoms with van der Waals surface area (Å²) in [5.41, 5.74) is 1.01. The molecule has 1 amide bonds. The standard InChI is InChI=1S/C24H28ClNO4/c1-3-29-21-13-12-17(16-18(21)22(27)30-4-2)26-23(28)24(14-8-5-9-15-24)19-10-6-7-11-20(19)25/h6-7,10-13,16H,3-5,8-9,14-15H2,1-2H3,(H,26,28). The van der Waals surface area contributed by atoms with Gasteiger partial charge < -0.3 is 14.8 Å². The van der Waals surface area contributed by atoms with E-state index in [2.05, 4.69) is 5.32 Å². The van der Waals surface area contributed by atoms with Crippen LogP contribution in [0.5, 0.6) is 5.75 Å². The van der Waals surface area contributed by atoms with Gasteiger partial charge in [-0.05, 0) is 56.5 Å². The van der Waals surface area contributed by atoms with Crippen molar-refractivity contribution in [1.82, 2.24) is 0 Å². The van der Waals surface area contributed by atoms with Gasteiger partial charge in [0.1, 0.15) is 11.3 Å². The van der Waals surface area contributed by atoms with Crippen molar-refractivity contribution in [3.63, 3.8) is 0 Å². The molecule has 6 heteroatoms. The number of amides is 1. The zero-order valence-corrected chi connectivity index (χ0v) is 18.3. The van der Waals surface area contributed by atoms with E-state index in [0.717, 1.165) is 37.7 Å². The van der Waals surface area contributed by atoms with Crippen molar-refractivity contribution in [3.8, 4) is 5.75 Å². The SMILES string of the molecule is CCOC(=O)c1cc(NC(=O)C2(c3ccccc3Cl)CCCCC2)ccc1OCC. The minimum atomic E-state index is -0.681. The molecule has 1 N–H and O–H groups in total. The first-order chi connectivity index (χ1) is 14.5. The molecule has 0 atom stereocenters. The molecule has 0 unspecified atom stereocenters. The van der Waals surface area contributed by atoms with Crippen LogP contribution >= 0.6 is 11.6 Å². The number of carbonyl (C=O) groups is 2. The van der Waals surface area contributed by atoms with Crippen LogP contribution in [-0.2, 0) is 14.9 Å². The Morgan fingerprint density at radius 3 is 2.43 bits per heavy atom. The molecule has 1 fully saturated rings. The Morgan fingerprint density at radius 1 is 1.03 bits per heavy atom. The van der Waals surface area contributed by atoms with E-state index >= 15 is 0 Å². The highest BCUT2D eigenvalue weighted by Gasteiger charge is 2.42. The quantitative estimate of drug-likeness (QED) is 0.568. The molecule has 0 spiro atoms. The fraction of sp³-hybridized carbons (Fsp3) is 0.417. The molecule has 2 aromatic rings. The fourth-order valence-electron chi connectivity index (χ4n) is 4.13. The molecule has 0 aliphatic heterocycles. The van der Waals surface area contributed by atoms with Crippen LogP contribution in [0.2, 0.25) is 5.02 Å². The van der Waals surface area contributed by atoms with Crippen LogP contribution < -0.4 is 10.1 Å². The number of anilines is 1. The van der Waals surface area contributed by atoms with E-state index in [1.807, 2.05) is 31.2 Å². The Balaban J connectivity index is 1.93. The van der Waals surface area contributed by atoms with Crippen LogP contribution in [0.15, 0.2) is 42.5 Å². The predicted molar refractivity (Wildman–Crippen MR) is 118 cm³/mol. The van der Waals surface area contributed by atoms with E-state index in [0.29, 0.717) is 28.6 Å². The second-order valence-corrected chi connectivity index (χ2v) is 7.85. The second kappa shape index (κ2) is 9.98. The number of nitrogens with one attached hydrogen (secondary N) is 1. The Hall–Kier alpha value is -2.53. The lowest BCUT2D eigenvalue weighted by molar-refractivity contribution is -0.122. The van der Waals surface area contributed by atoms with Crippen LogP contribution in [0.25, 0.3) is 0 Å². The van der Waals surface area contributed by atoms with Gasteiger partial charge in [0, 0.05) is 10.7 Å². The van der Waals surface area contributed by atoms with Crippen LogP contribution in [0.1, 0.15) is 61.9 Å². The van der Waals surface area contributed by atoms with E-state index in [4.69, 9.17) is 21.1 Å². The average Bonchev–Trinajstić information content (AvgIpc) is 2.76. The smallest absolute Gasteiger partial charge is 0.341 e. The molecule has 5 nitrogen and oxygen atoms in total. The third-order valence-electron chi connectivity index (χ3n) is 5.56. The van der Waals surface area contributed by atoms with Crippen LogP contribution in [-0.4, -0.2) is 25.1 Å². The third-order valence-corrected chi connectivity index (χ3v) is 5.89. The summed E-state index contributed by atoms with van der Waals surface area (Å²) in [6.07, 6.45) is 4.52. The van der Waals surface area contributed by atoms with Crippen LogP contribution in [0, 0.1) is 0 Å². The molecule has 0 radical (unpaired) electrons. The van der Waals surface area contributed by atoms with Crippen molar-refractivity contribution in [2.45, 2.75) is 51.4 Å². The molecular formula is C24H28ClNO4. The Bertz CT molecular complexity index is 906. The summed E-state index contributed by atoms with van der Waals surface area (Å²) < 4.78 is 10.7. The molecule has 160 valence electrons. The predicted octanol–water partition coefficient (Wildman–Crippen LogP) is 5.76. The molecule has 0 heterocycles. The molecule has 3 rings (SSSR count). The highest BCUT2D eigenvalue weighted by Crippen LogP contribution is 2.43. The Labute approximate surface area is 182 Å². The van der Waals surface area contributed by atoms with Crippen LogP contribution in [0.4, 0.5) is 5.69 Å². The van der Waals surface area contributed by atoms with Crippen molar-refractivity contribution >= 4 is 29.2 Å². The lowest BCUT2D eigenvalue weighted by Gasteiger charge is -2.37. The molecule has 1 saturated carbocycles. The molecule has 0 saturated heterocycles. The maximum atomic E-state index is 13.5. The molecule has 1 aliphatic carbocycles. The van der Waals surface area contributed by atoms with Crippen molar-refractivity contribution < 1.29 is 19.1 Å². The van der Waals surface area contributed by atoms with E-state index < -0.39 is 11.4 Å². The fourth-order valence-corrected chi connectivity index (χ4v) is 4.45. The monoisotopic (exact) mass is 429 g/mol. The first kappa shape index (κ1) is 22.2. The highest BCUT2D eigenvalue weighted by atomic mass is 35.5. The van der Waals surface area contributed by atoms with Gasteiger partial charge >= 0.3 is 5.97 Å². The van der Waals surface area contributed by atoms with Gasteiger partial charge in [-0.25, -0.2) is 4.79 Å². The average molecular weight is 430 g/mol. The van der Waals surface area contributed by atoms with Gasteiger partial charge in [-0.1, -0.05) is 49.1 Å². The first-order valence-corrected chi connectivity index (χ1v) is 10.9. The summed E-state index contributed by atoms with van der Waals surface area (Å²) >= 11 is 6.49. The van der Waals surface area contributed by atoms with Crippen LogP contribution in [0.3, 0.4) is 0 Å². The first-order valence-electron chi connectivity index (χ1n) is 10.5. The molecule has 1 aliphatic rings. The molecule has 2 aromatic carbocycles. The largest absolute Gasteiger partial charge is 0.493 e. The molecular weight excluding hydrogens is 402 g/mol. The summed E-state index contributed by atoms with van der Waals surface area (Å²) in [5, 5.41) is 3.63. The zero-order chi connectivity index (χ0) is 21.6. The van der Waals surface area contributed by atoms with Crippen molar-refractivity contribution in [2.75, 3.05) is 18.5 Å². The van der Waals surface area contributed by atoms with Crippen molar-refractivity contribution in [1.29, 1.82) is 0 Å². The number of ether oxygens (including phenoxy) is 2. The maximum Gasteiger partial charge on any atom is 0.341 e. The van der Waals surface area contributed by atoms with Gasteiger partial charge in [0.15, 0.2) is 0 Å². The maximum absolute atomic E-state index is 13.5. The summed E-state index contributed by atoms with van der Waals surface area (Å²) in [6.45, 7) is 4.28. The van der Waals surface area contributed by atoms with E-state index in [1.54, 1.807) is 25.1 Å². The minimum absolute atomic E-state index is 0.103. The minimum Gasteiger partial charge on any atom is -0.493 e. The van der Waals surface area contributed by atoms with E-state index in [9.17, 15) is 9.59 Å². The van der Waals surface area contributed by atoms with E-state index in [-0.39, 0.29) is 12.5 Å². The number of hydrogen-bond acceptors (Lipinski definition) is 4. The van der Waals surface area contributed by atoms with Gasteiger partial charge in [0.2, 0.25) is 5.91 Å². The normalized spacial score (nSPS) is 15.3. The van der Waals surface area contributed by atoms with E-state index in [1.165, 1.54) is 0 Å². The van der Waals surface area contributed by atoms with Gasteiger partial charge in [-0.3, -0.25) is 4.79 Å². The number of esters is 1. The number of hydrogen-bond donors (Lipinski definition) is 1. The summed E-state index contributed by atoms with van der Waals surface area (Å²) in [6, 6.07) is 12.6. The number of rotatable bonds is 7. The molecule has 0 bridgehead atoms. The summed E-state index contributed by atoms with van der Waals surface area (Å²) in [5.74, 6) is -0.141. The lowest BCUT2D eigenvalue weighted by Crippen LogP contribution is -2.42. The van der Waals surface area contributed by atoms with Crippen molar-refractivity contribution in [3.05, 3.63) is 58.6 Å². The zero-order valence-electron chi connectivity index (χ0n) is 17.5. The lowest BCUT2D eigenvalue weighted by atomic mass is 9.68. The summed E-state index contributed by atoms with van der Waals surface area (Å²) in [4.78, 5) is 25.9. The number of carbonyl (C=O) groups excluding carboxylic acids is 2. The Morgan fingerprint density at radius 2 is 1.77 bits per heavy atom. The highest BCUT2D eigenvalue weighted by molar-refractivity contribution is 6.31. The van der Waals surface area contributed by atoms with Crippen molar-refractivity contribution in [2.24, 2.45) is 0 Å². The van der Waals surface area contributed by atoms with Gasteiger partial charge in [-0.2, -0.15) is 0 Å². The molecule has 30 heavy (non-hydrogen) atoms. The second-order valence-electron chi connectivity index (χ2n) is 7.44. The summed E-state index contributed by atoms with van der Waals surface area (Å²) in [7, 11) is 0. The number of halogens is 1. The molecule has 0 aromatic heterocycles. The third kappa shape index (κ3) is 4.62. The number of benzene rings is 2. The van der Waals surface area contributed by atoms with Gasteiger partial charge in [0.05, 0.1) is 18.6 Å².